The molecule has 1 spiro atoms. The van der Waals surface area contributed by atoms with Crippen LogP contribution in [-0.4, -0.2) is 70.0 Å². The maximum atomic E-state index is 14.0. The zero-order valence-electron chi connectivity index (χ0n) is 20.0. The van der Waals surface area contributed by atoms with E-state index in [0.29, 0.717) is 19.4 Å². The van der Waals surface area contributed by atoms with E-state index in [1.807, 2.05) is 60.7 Å². The molecule has 36 heavy (non-hydrogen) atoms. The Labute approximate surface area is 218 Å². The zero-order valence-corrected chi connectivity index (χ0v) is 21.6. The van der Waals surface area contributed by atoms with Gasteiger partial charge in [-0.05, 0) is 24.0 Å². The number of hydrogen-bond donors (Lipinski definition) is 3. The van der Waals surface area contributed by atoms with E-state index in [1.54, 1.807) is 0 Å². The number of alkyl halides is 1. The number of halogens is 1. The van der Waals surface area contributed by atoms with Crippen molar-refractivity contribution >= 4 is 33.7 Å². The molecule has 3 aliphatic rings. The summed E-state index contributed by atoms with van der Waals surface area (Å²) in [6.45, 7) is -0.0286. The maximum Gasteiger partial charge on any atom is 0.246 e. The van der Waals surface area contributed by atoms with E-state index in [9.17, 15) is 19.5 Å². The Bertz CT molecular complexity index is 1130. The fraction of sp³-hybridized carbons (Fsp3) is 0.444. The predicted molar refractivity (Wildman–Crippen MR) is 136 cm³/mol. The van der Waals surface area contributed by atoms with Crippen LogP contribution in [0.2, 0.25) is 0 Å². The molecule has 0 aliphatic carbocycles. The number of aliphatic hydroxyl groups excluding tert-OH is 1. The van der Waals surface area contributed by atoms with Crippen LogP contribution in [0.3, 0.4) is 0 Å². The average Bonchev–Trinajstić information content (AvgIpc) is 3.50. The van der Waals surface area contributed by atoms with Crippen molar-refractivity contribution in [1.29, 1.82) is 0 Å². The number of likely N-dealkylation sites (tertiary alicyclic amines) is 1. The van der Waals surface area contributed by atoms with Gasteiger partial charge in [-0.1, -0.05) is 76.6 Å². The summed E-state index contributed by atoms with van der Waals surface area (Å²) in [7, 11) is 1.54. The molecule has 8 nitrogen and oxygen atoms in total. The SMILES string of the molecule is CNC(=O)[C@H]1[C@@H]2OC3(CC2Br)C(C(=O)NCc2ccccc2)N([C@@H](CO)Cc2ccccc2)C(=O)[C@H]13. The van der Waals surface area contributed by atoms with E-state index in [2.05, 4.69) is 26.6 Å². The Morgan fingerprint density at radius 1 is 1.11 bits per heavy atom. The predicted octanol–water partition coefficient (Wildman–Crippen LogP) is 1.40. The highest BCUT2D eigenvalue weighted by molar-refractivity contribution is 9.09. The van der Waals surface area contributed by atoms with Gasteiger partial charge in [-0.2, -0.15) is 0 Å². The first kappa shape index (κ1) is 24.9. The maximum absolute atomic E-state index is 14.0. The van der Waals surface area contributed by atoms with Crippen LogP contribution >= 0.6 is 15.9 Å². The van der Waals surface area contributed by atoms with Crippen LogP contribution < -0.4 is 10.6 Å². The first-order valence-corrected chi connectivity index (χ1v) is 13.1. The van der Waals surface area contributed by atoms with E-state index in [4.69, 9.17) is 4.74 Å². The highest BCUT2D eigenvalue weighted by Crippen LogP contribution is 2.60. The standard InChI is InChI=1S/C27H30BrN3O5/c1-29-24(33)20-21-26(35)31(18(15-32)12-16-8-4-2-5-9-16)23(27(21)13-19(28)22(20)36-27)25(34)30-14-17-10-6-3-7-11-17/h2-11,18-23,32H,12-15H2,1H3,(H,29,33)(H,30,34)/t18-,19?,20-,21+,22-,23?,27?/m1/s1. The highest BCUT2D eigenvalue weighted by atomic mass is 79.9. The molecule has 5 rings (SSSR count). The van der Waals surface area contributed by atoms with Gasteiger partial charge < -0.3 is 25.4 Å². The van der Waals surface area contributed by atoms with Gasteiger partial charge in [0, 0.05) is 18.4 Å². The molecule has 0 aromatic heterocycles. The Morgan fingerprint density at radius 3 is 2.36 bits per heavy atom. The minimum atomic E-state index is -1.15. The molecule has 3 N–H and O–H groups in total. The molecule has 2 bridgehead atoms. The van der Waals surface area contributed by atoms with Crippen molar-refractivity contribution in [3.63, 3.8) is 0 Å². The lowest BCUT2D eigenvalue weighted by Crippen LogP contribution is -2.58. The summed E-state index contributed by atoms with van der Waals surface area (Å²) >= 11 is 3.65. The lowest BCUT2D eigenvalue weighted by molar-refractivity contribution is -0.145. The normalized spacial score (nSPS) is 31.2. The second-order valence-corrected chi connectivity index (χ2v) is 10.9. The van der Waals surface area contributed by atoms with Crippen molar-refractivity contribution in [2.75, 3.05) is 13.7 Å². The third-order valence-electron chi connectivity index (χ3n) is 7.75. The number of ether oxygens (including phenoxy) is 1. The molecule has 7 atom stereocenters. The Kier molecular flexibility index (Phi) is 6.89. The van der Waals surface area contributed by atoms with E-state index < -0.39 is 35.6 Å². The molecule has 190 valence electrons. The number of nitrogens with one attached hydrogen (secondary N) is 2. The number of hydrogen-bond acceptors (Lipinski definition) is 5. The topological polar surface area (TPSA) is 108 Å². The highest BCUT2D eigenvalue weighted by Gasteiger charge is 2.76. The molecule has 3 amide bonds. The largest absolute Gasteiger partial charge is 0.394 e. The quantitative estimate of drug-likeness (QED) is 0.427. The number of amides is 3. The summed E-state index contributed by atoms with van der Waals surface area (Å²) in [6, 6.07) is 17.5. The number of nitrogens with zero attached hydrogens (tertiary/aromatic N) is 1. The van der Waals surface area contributed by atoms with Crippen LogP contribution in [0.5, 0.6) is 0 Å². The van der Waals surface area contributed by atoms with E-state index in [0.717, 1.165) is 11.1 Å². The van der Waals surface area contributed by atoms with Gasteiger partial charge in [-0.15, -0.1) is 0 Å². The van der Waals surface area contributed by atoms with Crippen molar-refractivity contribution < 1.29 is 24.2 Å². The molecule has 3 heterocycles. The van der Waals surface area contributed by atoms with Gasteiger partial charge in [-0.3, -0.25) is 14.4 Å². The summed E-state index contributed by atoms with van der Waals surface area (Å²) < 4.78 is 6.45. The van der Waals surface area contributed by atoms with Crippen molar-refractivity contribution in [1.82, 2.24) is 15.5 Å². The van der Waals surface area contributed by atoms with E-state index in [-0.39, 0.29) is 29.2 Å². The molecular weight excluding hydrogens is 526 g/mol. The number of benzene rings is 2. The fourth-order valence-corrected chi connectivity index (χ4v) is 7.19. The number of carbonyl (C=O) groups excluding carboxylic acids is 3. The third-order valence-corrected chi connectivity index (χ3v) is 8.60. The van der Waals surface area contributed by atoms with Gasteiger partial charge in [0.25, 0.3) is 0 Å². The van der Waals surface area contributed by atoms with Crippen molar-refractivity contribution in [2.45, 2.75) is 48.0 Å². The minimum Gasteiger partial charge on any atom is -0.394 e. The summed E-state index contributed by atoms with van der Waals surface area (Å²) in [5.41, 5.74) is 0.712. The van der Waals surface area contributed by atoms with Gasteiger partial charge >= 0.3 is 0 Å². The molecule has 2 aromatic carbocycles. The zero-order chi connectivity index (χ0) is 25.4. The number of carbonyl (C=O) groups is 3. The first-order valence-electron chi connectivity index (χ1n) is 12.2. The van der Waals surface area contributed by atoms with Crippen molar-refractivity contribution in [2.24, 2.45) is 11.8 Å². The number of aliphatic hydroxyl groups is 1. The number of fused-ring (bicyclic) bond motifs is 1. The molecule has 3 saturated heterocycles. The molecule has 2 aromatic rings. The summed E-state index contributed by atoms with van der Waals surface area (Å²) in [6.07, 6.45) is 0.290. The summed E-state index contributed by atoms with van der Waals surface area (Å²) in [4.78, 5) is 42.1. The Balaban J connectivity index is 1.52. The molecule has 9 heteroatoms. The van der Waals surface area contributed by atoms with E-state index in [1.165, 1.54) is 11.9 Å². The van der Waals surface area contributed by atoms with Gasteiger partial charge in [0.05, 0.1) is 30.6 Å². The fourth-order valence-electron chi connectivity index (χ4n) is 6.25. The Morgan fingerprint density at radius 2 is 1.75 bits per heavy atom. The van der Waals surface area contributed by atoms with Crippen LogP contribution in [-0.2, 0) is 32.1 Å². The van der Waals surface area contributed by atoms with Gasteiger partial charge in [0.1, 0.15) is 11.6 Å². The Hall–Kier alpha value is -2.75. The second kappa shape index (κ2) is 9.95. The molecule has 3 fully saturated rings. The second-order valence-electron chi connectivity index (χ2n) is 9.75. The first-order chi connectivity index (χ1) is 17.4. The van der Waals surface area contributed by atoms with Gasteiger partial charge in [-0.25, -0.2) is 0 Å². The lowest BCUT2D eigenvalue weighted by Gasteiger charge is -2.37. The van der Waals surface area contributed by atoms with E-state index >= 15 is 0 Å². The van der Waals surface area contributed by atoms with Crippen LogP contribution in [0.15, 0.2) is 60.7 Å². The molecule has 0 radical (unpaired) electrons. The monoisotopic (exact) mass is 555 g/mol. The van der Waals surface area contributed by atoms with Crippen LogP contribution in [0.4, 0.5) is 0 Å². The third kappa shape index (κ3) is 4.03. The smallest absolute Gasteiger partial charge is 0.246 e. The summed E-state index contributed by atoms with van der Waals surface area (Å²) in [5.74, 6) is -2.46. The molecular formula is C27H30BrN3O5. The molecule has 0 saturated carbocycles. The lowest BCUT2D eigenvalue weighted by atomic mass is 9.70. The van der Waals surface area contributed by atoms with Crippen LogP contribution in [0.1, 0.15) is 17.5 Å². The molecule has 3 aliphatic heterocycles. The number of rotatable bonds is 8. The molecule has 3 unspecified atom stereocenters. The van der Waals surface area contributed by atoms with Crippen molar-refractivity contribution in [3.8, 4) is 0 Å². The van der Waals surface area contributed by atoms with Gasteiger partial charge in [0.2, 0.25) is 17.7 Å². The minimum absolute atomic E-state index is 0.171. The summed E-state index contributed by atoms with van der Waals surface area (Å²) in [5, 5.41) is 16.1. The van der Waals surface area contributed by atoms with Crippen LogP contribution in [0, 0.1) is 11.8 Å². The van der Waals surface area contributed by atoms with Crippen LogP contribution in [0.25, 0.3) is 0 Å². The van der Waals surface area contributed by atoms with Gasteiger partial charge in [0.15, 0.2) is 0 Å². The van der Waals surface area contributed by atoms with Crippen molar-refractivity contribution in [3.05, 3.63) is 71.8 Å². The average molecular weight is 556 g/mol.